The Hall–Kier alpha value is -2.87. The van der Waals surface area contributed by atoms with Crippen molar-refractivity contribution in [2.24, 2.45) is 0 Å². The van der Waals surface area contributed by atoms with E-state index in [1.807, 2.05) is 0 Å². The number of ether oxygens (including phenoxy) is 1. The third-order valence-corrected chi connectivity index (χ3v) is 5.47. The standard InChI is InChI=1S/C19H14F3NO3S/c1-3-27(24,25)18-7-5-13(19(20,21)22)11-15(18)12-4-6-14-16(10-12)23-9-8-17(14)26-2/h3-11H,1H2,2H3. The van der Waals surface area contributed by atoms with E-state index in [0.29, 0.717) is 22.1 Å². The smallest absolute Gasteiger partial charge is 0.416 e. The first kappa shape index (κ1) is 18.9. The molecule has 140 valence electrons. The molecule has 3 aromatic rings. The number of aromatic nitrogens is 1. The van der Waals surface area contributed by atoms with Crippen molar-refractivity contribution in [1.29, 1.82) is 0 Å². The Kier molecular flexibility index (Phi) is 4.69. The van der Waals surface area contributed by atoms with Crippen molar-refractivity contribution in [3.63, 3.8) is 0 Å². The molecule has 0 atom stereocenters. The van der Waals surface area contributed by atoms with E-state index in [-0.39, 0.29) is 16.0 Å². The Morgan fingerprint density at radius 2 is 1.85 bits per heavy atom. The molecule has 0 spiro atoms. The molecule has 1 heterocycles. The van der Waals surface area contributed by atoms with E-state index >= 15 is 0 Å². The van der Waals surface area contributed by atoms with Gasteiger partial charge in [0.2, 0.25) is 0 Å². The number of hydrogen-bond donors (Lipinski definition) is 0. The Morgan fingerprint density at radius 1 is 1.11 bits per heavy atom. The monoisotopic (exact) mass is 393 g/mol. The number of fused-ring (bicyclic) bond motifs is 1. The summed E-state index contributed by atoms with van der Waals surface area (Å²) in [7, 11) is -2.46. The van der Waals surface area contributed by atoms with E-state index in [1.165, 1.54) is 25.4 Å². The van der Waals surface area contributed by atoms with Gasteiger partial charge in [0.1, 0.15) is 5.75 Å². The summed E-state index contributed by atoms with van der Waals surface area (Å²) >= 11 is 0. The molecular weight excluding hydrogens is 379 g/mol. The van der Waals surface area contributed by atoms with E-state index in [2.05, 4.69) is 11.6 Å². The molecule has 0 fully saturated rings. The number of halogens is 3. The van der Waals surface area contributed by atoms with Gasteiger partial charge < -0.3 is 4.74 Å². The van der Waals surface area contributed by atoms with Crippen LogP contribution in [0.25, 0.3) is 22.0 Å². The predicted molar refractivity (Wildman–Crippen MR) is 96.1 cm³/mol. The molecule has 2 aromatic carbocycles. The molecule has 8 heteroatoms. The zero-order valence-electron chi connectivity index (χ0n) is 14.1. The maximum absolute atomic E-state index is 13.1. The van der Waals surface area contributed by atoms with Crippen LogP contribution in [0.3, 0.4) is 0 Å². The first-order chi connectivity index (χ1) is 12.7. The molecule has 3 rings (SSSR count). The lowest BCUT2D eigenvalue weighted by atomic mass is 10.0. The Labute approximate surface area is 153 Å². The van der Waals surface area contributed by atoms with Crippen LogP contribution in [0.1, 0.15) is 5.56 Å². The molecule has 27 heavy (non-hydrogen) atoms. The minimum absolute atomic E-state index is 0.0729. The molecule has 0 amide bonds. The second-order valence-electron chi connectivity index (χ2n) is 5.67. The maximum Gasteiger partial charge on any atom is 0.416 e. The number of benzene rings is 2. The topological polar surface area (TPSA) is 56.3 Å². The van der Waals surface area contributed by atoms with Crippen molar-refractivity contribution < 1.29 is 26.3 Å². The fourth-order valence-electron chi connectivity index (χ4n) is 2.74. The summed E-state index contributed by atoms with van der Waals surface area (Å²) in [4.78, 5) is 3.93. The summed E-state index contributed by atoms with van der Waals surface area (Å²) in [5, 5.41) is 1.37. The van der Waals surface area contributed by atoms with Gasteiger partial charge in [0.25, 0.3) is 0 Å². The SMILES string of the molecule is C=CS(=O)(=O)c1ccc(C(F)(F)F)cc1-c1ccc2c(OC)ccnc2c1. The van der Waals surface area contributed by atoms with Crippen LogP contribution in [-0.2, 0) is 16.0 Å². The average molecular weight is 393 g/mol. The highest BCUT2D eigenvalue weighted by atomic mass is 32.2. The van der Waals surface area contributed by atoms with Gasteiger partial charge >= 0.3 is 6.18 Å². The van der Waals surface area contributed by atoms with Gasteiger partial charge in [-0.15, -0.1) is 0 Å². The first-order valence-electron chi connectivity index (χ1n) is 7.69. The average Bonchev–Trinajstić information content (AvgIpc) is 2.65. The van der Waals surface area contributed by atoms with Crippen molar-refractivity contribution >= 4 is 20.7 Å². The molecule has 0 saturated heterocycles. The van der Waals surface area contributed by atoms with Crippen LogP contribution in [0, 0.1) is 0 Å². The number of rotatable bonds is 4. The minimum atomic E-state index is -4.61. The van der Waals surface area contributed by atoms with Crippen molar-refractivity contribution in [2.45, 2.75) is 11.1 Å². The Morgan fingerprint density at radius 3 is 2.48 bits per heavy atom. The Bertz CT molecular complexity index is 1140. The number of sulfone groups is 1. The third kappa shape index (κ3) is 3.52. The van der Waals surface area contributed by atoms with E-state index in [1.54, 1.807) is 12.1 Å². The van der Waals surface area contributed by atoms with Crippen molar-refractivity contribution in [2.75, 3.05) is 7.11 Å². The van der Waals surface area contributed by atoms with Gasteiger partial charge in [-0.05, 0) is 42.0 Å². The molecule has 0 N–H and O–H groups in total. The molecule has 0 aliphatic carbocycles. The summed E-state index contributed by atoms with van der Waals surface area (Å²) < 4.78 is 69.2. The van der Waals surface area contributed by atoms with Crippen LogP contribution in [0.15, 0.2) is 65.5 Å². The van der Waals surface area contributed by atoms with Crippen molar-refractivity contribution in [3.8, 4) is 16.9 Å². The number of pyridine rings is 1. The summed E-state index contributed by atoms with van der Waals surface area (Å²) in [6.45, 7) is 3.25. The lowest BCUT2D eigenvalue weighted by Gasteiger charge is -2.14. The lowest BCUT2D eigenvalue weighted by Crippen LogP contribution is -2.07. The minimum Gasteiger partial charge on any atom is -0.496 e. The van der Waals surface area contributed by atoms with Crippen LogP contribution in [0.4, 0.5) is 13.2 Å². The zero-order chi connectivity index (χ0) is 19.8. The predicted octanol–water partition coefficient (Wildman–Crippen LogP) is 4.85. The summed E-state index contributed by atoms with van der Waals surface area (Å²) in [6, 6.07) is 8.83. The van der Waals surface area contributed by atoms with Crippen LogP contribution >= 0.6 is 0 Å². The van der Waals surface area contributed by atoms with E-state index < -0.39 is 21.6 Å². The van der Waals surface area contributed by atoms with Gasteiger partial charge in [-0.25, -0.2) is 8.42 Å². The summed E-state index contributed by atoms with van der Waals surface area (Å²) in [5.74, 6) is 0.550. The van der Waals surface area contributed by atoms with Crippen LogP contribution < -0.4 is 4.74 Å². The zero-order valence-corrected chi connectivity index (χ0v) is 14.9. The fourth-order valence-corrected chi connectivity index (χ4v) is 3.66. The molecule has 0 bridgehead atoms. The van der Waals surface area contributed by atoms with E-state index in [0.717, 1.165) is 18.2 Å². The summed E-state index contributed by atoms with van der Waals surface area (Å²) in [5.41, 5.74) is -0.267. The summed E-state index contributed by atoms with van der Waals surface area (Å²) in [6.07, 6.45) is -3.11. The Balaban J connectivity index is 2.31. The van der Waals surface area contributed by atoms with Crippen LogP contribution in [0.2, 0.25) is 0 Å². The van der Waals surface area contributed by atoms with Crippen molar-refractivity contribution in [1.82, 2.24) is 4.98 Å². The van der Waals surface area contributed by atoms with E-state index in [4.69, 9.17) is 4.74 Å². The van der Waals surface area contributed by atoms with Gasteiger partial charge in [0, 0.05) is 22.6 Å². The third-order valence-electron chi connectivity index (χ3n) is 4.07. The van der Waals surface area contributed by atoms with Gasteiger partial charge in [-0.1, -0.05) is 12.6 Å². The van der Waals surface area contributed by atoms with Gasteiger partial charge in [-0.2, -0.15) is 13.2 Å². The number of alkyl halides is 3. The van der Waals surface area contributed by atoms with E-state index in [9.17, 15) is 21.6 Å². The number of nitrogens with zero attached hydrogens (tertiary/aromatic N) is 1. The second-order valence-corrected chi connectivity index (χ2v) is 7.53. The molecule has 0 unspecified atom stereocenters. The van der Waals surface area contributed by atoms with Crippen LogP contribution in [-0.4, -0.2) is 20.5 Å². The maximum atomic E-state index is 13.1. The highest BCUT2D eigenvalue weighted by Crippen LogP contribution is 2.37. The normalized spacial score (nSPS) is 12.1. The first-order valence-corrected chi connectivity index (χ1v) is 9.24. The molecule has 0 aliphatic rings. The molecule has 1 aromatic heterocycles. The number of methoxy groups -OCH3 is 1. The lowest BCUT2D eigenvalue weighted by molar-refractivity contribution is -0.137. The number of hydrogen-bond acceptors (Lipinski definition) is 4. The fraction of sp³-hybridized carbons (Fsp3) is 0.105. The molecule has 0 saturated carbocycles. The highest BCUT2D eigenvalue weighted by Gasteiger charge is 2.32. The molecule has 0 radical (unpaired) electrons. The van der Waals surface area contributed by atoms with Gasteiger partial charge in [0.15, 0.2) is 9.84 Å². The molecule has 0 aliphatic heterocycles. The largest absolute Gasteiger partial charge is 0.496 e. The highest BCUT2D eigenvalue weighted by molar-refractivity contribution is 7.94. The second kappa shape index (κ2) is 6.70. The molecule has 4 nitrogen and oxygen atoms in total. The van der Waals surface area contributed by atoms with Crippen LogP contribution in [0.5, 0.6) is 5.75 Å². The van der Waals surface area contributed by atoms with Gasteiger partial charge in [0.05, 0.1) is 23.1 Å². The quantitative estimate of drug-likeness (QED) is 0.636. The molecular formula is C19H14F3NO3S. The van der Waals surface area contributed by atoms with Gasteiger partial charge in [-0.3, -0.25) is 4.98 Å². The van der Waals surface area contributed by atoms with Crippen molar-refractivity contribution in [3.05, 3.63) is 66.2 Å².